The molecule has 0 bridgehead atoms. The second kappa shape index (κ2) is 17.5. The van der Waals surface area contributed by atoms with E-state index in [4.69, 9.17) is 17.7 Å². The number of aromatic nitrogens is 7. The first-order chi connectivity index (χ1) is 20.5. The molecule has 1 aliphatic carbocycles. The average Bonchev–Trinajstić information content (AvgIpc) is 3.66. The van der Waals surface area contributed by atoms with Crippen LogP contribution in [0.15, 0.2) is 67.7 Å². The van der Waals surface area contributed by atoms with Crippen molar-refractivity contribution in [2.75, 3.05) is 27.4 Å². The van der Waals surface area contributed by atoms with Crippen molar-refractivity contribution in [3.63, 3.8) is 0 Å². The van der Waals surface area contributed by atoms with E-state index in [0.29, 0.717) is 41.0 Å². The summed E-state index contributed by atoms with van der Waals surface area (Å²) in [6.07, 6.45) is 12.3. The van der Waals surface area contributed by atoms with Gasteiger partial charge >= 0.3 is 0 Å². The molecule has 0 aliphatic heterocycles. The zero-order chi connectivity index (χ0) is 30.3. The van der Waals surface area contributed by atoms with E-state index in [1.807, 2.05) is 29.0 Å². The molecule has 13 heteroatoms. The highest BCUT2D eigenvalue weighted by Gasteiger charge is 2.16. The van der Waals surface area contributed by atoms with Gasteiger partial charge in [-0.2, -0.15) is 8.78 Å². The van der Waals surface area contributed by atoms with Crippen LogP contribution in [-0.4, -0.2) is 61.9 Å². The first kappa shape index (κ1) is 32.3. The monoisotopic (exact) mass is 602 g/mol. The Morgan fingerprint density at radius 1 is 0.905 bits per heavy atom. The van der Waals surface area contributed by atoms with E-state index in [9.17, 15) is 13.2 Å². The number of halogens is 4. The van der Waals surface area contributed by atoms with Crippen molar-refractivity contribution in [2.24, 2.45) is 0 Å². The number of allylic oxidation sites excluding steroid dienone is 1. The summed E-state index contributed by atoms with van der Waals surface area (Å²) in [7, 11) is 2.15. The summed E-state index contributed by atoms with van der Waals surface area (Å²) in [5.41, 5.74) is 4.48. The highest BCUT2D eigenvalue weighted by molar-refractivity contribution is 6.17. The number of hydrogen-bond acceptors (Lipinski definition) is 8. The van der Waals surface area contributed by atoms with E-state index < -0.39 is 19.0 Å². The molecule has 0 N–H and O–H groups in total. The number of hydrogen-bond donors (Lipinski definition) is 0. The quantitative estimate of drug-likeness (QED) is 0.165. The summed E-state index contributed by atoms with van der Waals surface area (Å²) in [5.74, 6) is -1.04. The smallest absolute Gasteiger partial charge is 0.222 e. The highest BCUT2D eigenvalue weighted by atomic mass is 35.5. The van der Waals surface area contributed by atoms with Gasteiger partial charge in [-0.05, 0) is 30.3 Å². The van der Waals surface area contributed by atoms with Crippen LogP contribution < -0.4 is 0 Å². The number of methoxy groups -OCH3 is 2. The minimum atomic E-state index is -1.00. The van der Waals surface area contributed by atoms with E-state index in [0.717, 1.165) is 23.1 Å². The Morgan fingerprint density at radius 3 is 2.10 bits per heavy atom. The normalized spacial score (nSPS) is 11.0. The third kappa shape index (κ3) is 8.15. The predicted molar refractivity (Wildman–Crippen MR) is 157 cm³/mol. The molecule has 0 saturated heterocycles. The molecule has 0 amide bonds. The van der Waals surface area contributed by atoms with Crippen molar-refractivity contribution in [2.45, 2.75) is 20.6 Å². The first-order valence-electron chi connectivity index (χ1n) is 12.6. The Morgan fingerprint density at radius 2 is 1.50 bits per heavy atom. The maximum absolute atomic E-state index is 13.8. The third-order valence-electron chi connectivity index (χ3n) is 5.52. The van der Waals surface area contributed by atoms with Crippen LogP contribution in [0.1, 0.15) is 20.1 Å². The maximum Gasteiger partial charge on any atom is 0.222 e. The first-order valence-corrected chi connectivity index (χ1v) is 12.4. The molecule has 0 unspecified atom stereocenters. The molecule has 0 radical (unpaired) electrons. The molecule has 42 heavy (non-hydrogen) atoms. The molecule has 0 saturated carbocycles. The molecule has 1 aliphatic rings. The molecule has 5 aromatic rings. The molecular weight excluding hydrogens is 571 g/mol. The fourth-order valence-electron chi connectivity index (χ4n) is 3.86. The van der Waals surface area contributed by atoms with Gasteiger partial charge in [0.05, 0.1) is 36.7 Å². The SMILES string of the molecule is C.COCCl.COCn1ccc2c(-c3cccnc3F)ncnc21.Fc1ncccc1-c1ncnc2c1C=CC2.[2H]CF. The van der Waals surface area contributed by atoms with Gasteiger partial charge in [-0.3, -0.25) is 4.39 Å². The molecule has 222 valence electrons. The number of ether oxygens (including phenoxy) is 2. The van der Waals surface area contributed by atoms with E-state index in [1.165, 1.54) is 25.0 Å². The van der Waals surface area contributed by atoms with Crippen molar-refractivity contribution < 1.29 is 24.0 Å². The Balaban J connectivity index is 0.000000245. The van der Waals surface area contributed by atoms with Crippen LogP contribution in [0.4, 0.5) is 13.2 Å². The third-order valence-corrected chi connectivity index (χ3v) is 5.74. The Labute approximate surface area is 248 Å². The fourth-order valence-corrected chi connectivity index (χ4v) is 3.86. The number of pyridine rings is 2. The predicted octanol–water partition coefficient (Wildman–Crippen LogP) is 6.53. The van der Waals surface area contributed by atoms with Crippen LogP contribution in [0.25, 0.3) is 39.6 Å². The average molecular weight is 603 g/mol. The Hall–Kier alpha value is -4.26. The summed E-state index contributed by atoms with van der Waals surface area (Å²) in [5, 5.41) is 0.770. The molecule has 0 aromatic carbocycles. The lowest BCUT2D eigenvalue weighted by Gasteiger charge is -2.05. The summed E-state index contributed by atoms with van der Waals surface area (Å²) in [4.78, 5) is 23.9. The zero-order valence-corrected chi connectivity index (χ0v) is 23.0. The van der Waals surface area contributed by atoms with Crippen LogP contribution in [-0.2, 0) is 22.6 Å². The number of nitrogens with zero attached hydrogens (tertiary/aromatic N) is 7. The van der Waals surface area contributed by atoms with Gasteiger partial charge in [-0.25, -0.2) is 29.9 Å². The van der Waals surface area contributed by atoms with Gasteiger partial charge < -0.3 is 14.0 Å². The number of fused-ring (bicyclic) bond motifs is 2. The van der Waals surface area contributed by atoms with E-state index in [-0.39, 0.29) is 7.43 Å². The molecule has 0 spiro atoms. The fraction of sp³-hybridized carbons (Fsp3) is 0.241. The number of alkyl halides is 2. The van der Waals surface area contributed by atoms with Crippen molar-refractivity contribution in [3.8, 4) is 22.5 Å². The number of rotatable bonds is 5. The van der Waals surface area contributed by atoms with Crippen molar-refractivity contribution in [1.82, 2.24) is 34.5 Å². The molecule has 5 aromatic heterocycles. The van der Waals surface area contributed by atoms with E-state index >= 15 is 0 Å². The Kier molecular flexibility index (Phi) is 13.5. The summed E-state index contributed by atoms with van der Waals surface area (Å²) in [6.45, 7) is 0.384. The summed E-state index contributed by atoms with van der Waals surface area (Å²) < 4.78 is 54.0. The minimum absolute atomic E-state index is 0. The molecule has 9 nitrogen and oxygen atoms in total. The van der Waals surface area contributed by atoms with Gasteiger partial charge in [0.2, 0.25) is 11.9 Å². The lowest BCUT2D eigenvalue weighted by Crippen LogP contribution is -2.00. The van der Waals surface area contributed by atoms with Crippen LogP contribution in [0.2, 0.25) is 0 Å². The summed E-state index contributed by atoms with van der Waals surface area (Å²) in [6, 6.07) is 8.84. The van der Waals surface area contributed by atoms with Crippen LogP contribution >= 0.6 is 11.6 Å². The van der Waals surface area contributed by atoms with Gasteiger partial charge in [0.25, 0.3) is 0 Å². The van der Waals surface area contributed by atoms with Gasteiger partial charge in [-0.1, -0.05) is 31.2 Å². The molecule has 0 atom stereocenters. The minimum Gasteiger partial charge on any atom is -0.369 e. The second-order valence-corrected chi connectivity index (χ2v) is 8.15. The summed E-state index contributed by atoms with van der Waals surface area (Å²) >= 11 is 4.96. The van der Waals surface area contributed by atoms with Crippen LogP contribution in [0, 0.1) is 11.9 Å². The highest BCUT2D eigenvalue weighted by Crippen LogP contribution is 2.29. The van der Waals surface area contributed by atoms with Crippen LogP contribution in [0.3, 0.4) is 0 Å². The van der Waals surface area contributed by atoms with Gasteiger partial charge in [-0.15, -0.1) is 0 Å². The molecule has 6 rings (SSSR count). The van der Waals surface area contributed by atoms with Crippen molar-refractivity contribution in [1.29, 1.82) is 0 Å². The standard InChI is InChI=1S/C13H11FN4O.C12H8FN3.C2H5ClO.CH3F.CH4/c1-19-8-18-6-4-10-11(16-7-17-13(10)18)9-3-2-5-15-12(9)14;13-12-9(4-2-6-14-12)11-8-3-1-5-10(8)15-7-16-11;1-4-2-3;1-2;/h2-7H,8H2,1H3;1-4,6-7H,5H2;2H2,1H3;1H3;1H4/i;;;1D;. The lowest BCUT2D eigenvalue weighted by molar-refractivity contribution is 0.134. The van der Waals surface area contributed by atoms with Crippen molar-refractivity contribution >= 4 is 28.7 Å². The van der Waals surface area contributed by atoms with Gasteiger partial charge in [0.15, 0.2) is 0 Å². The van der Waals surface area contributed by atoms with Gasteiger partial charge in [0, 0.05) is 50.2 Å². The topological polar surface area (TPSA) is 101 Å². The Bertz CT molecular complexity index is 1610. The zero-order valence-electron chi connectivity index (χ0n) is 23.2. The molecule has 0 fully saturated rings. The molecule has 5 heterocycles. The molecular formula is C29H31ClF3N7O2. The van der Waals surface area contributed by atoms with E-state index in [1.54, 1.807) is 38.5 Å². The van der Waals surface area contributed by atoms with Gasteiger partial charge in [0.1, 0.15) is 31.1 Å². The van der Waals surface area contributed by atoms with Crippen molar-refractivity contribution in [3.05, 3.63) is 90.8 Å². The van der Waals surface area contributed by atoms with E-state index in [2.05, 4.69) is 34.6 Å². The maximum atomic E-state index is 13.8. The lowest BCUT2D eigenvalue weighted by atomic mass is 10.1. The largest absolute Gasteiger partial charge is 0.369 e. The second-order valence-electron chi connectivity index (χ2n) is 7.93. The van der Waals surface area contributed by atoms with Crippen LogP contribution in [0.5, 0.6) is 0 Å².